The predicted octanol–water partition coefficient (Wildman–Crippen LogP) is 3.94. The molecule has 0 saturated carbocycles. The SMILES string of the molecule is CCOC(=O)c1c(CNc2ccc(C#N)cc2)nc2c(-c3ccc(F)cc3F)c(C)[nH]n2c1=O. The number of halogens is 2. The molecule has 2 aromatic carbocycles. The molecule has 0 aliphatic carbocycles. The summed E-state index contributed by atoms with van der Waals surface area (Å²) in [6.07, 6.45) is 0. The van der Waals surface area contributed by atoms with Crippen LogP contribution in [0.3, 0.4) is 0 Å². The van der Waals surface area contributed by atoms with Crippen molar-refractivity contribution in [2.75, 3.05) is 11.9 Å². The summed E-state index contributed by atoms with van der Waals surface area (Å²) in [6, 6.07) is 11.7. The summed E-state index contributed by atoms with van der Waals surface area (Å²) in [7, 11) is 0. The maximum absolute atomic E-state index is 14.6. The van der Waals surface area contributed by atoms with Crippen LogP contribution in [-0.4, -0.2) is 27.2 Å². The van der Waals surface area contributed by atoms with Crippen LogP contribution in [0.2, 0.25) is 0 Å². The number of hydrogen-bond donors (Lipinski definition) is 2. The molecule has 8 nitrogen and oxygen atoms in total. The van der Waals surface area contributed by atoms with Gasteiger partial charge in [-0.1, -0.05) is 0 Å². The second-order valence-corrected chi connectivity index (χ2v) is 7.40. The van der Waals surface area contributed by atoms with Gasteiger partial charge in [-0.3, -0.25) is 9.89 Å². The van der Waals surface area contributed by atoms with E-state index in [0.717, 1.165) is 16.6 Å². The minimum absolute atomic E-state index is 0.0264. The van der Waals surface area contributed by atoms with Gasteiger partial charge in [0.05, 0.1) is 30.5 Å². The summed E-state index contributed by atoms with van der Waals surface area (Å²) in [5.41, 5.74) is 1.03. The van der Waals surface area contributed by atoms with Crippen molar-refractivity contribution in [3.8, 4) is 17.2 Å². The number of carbonyl (C=O) groups excluding carboxylic acids is 1. The number of ether oxygens (including phenoxy) is 1. The van der Waals surface area contributed by atoms with Crippen molar-refractivity contribution in [2.45, 2.75) is 20.4 Å². The number of nitrogens with zero attached hydrogens (tertiary/aromatic N) is 3. The third-order valence-corrected chi connectivity index (χ3v) is 5.19. The zero-order chi connectivity index (χ0) is 24.4. The summed E-state index contributed by atoms with van der Waals surface area (Å²) in [4.78, 5) is 30.4. The van der Waals surface area contributed by atoms with Crippen LogP contribution in [0.1, 0.15) is 34.2 Å². The molecule has 34 heavy (non-hydrogen) atoms. The van der Waals surface area contributed by atoms with Gasteiger partial charge in [-0.05, 0) is 50.2 Å². The first-order valence-electron chi connectivity index (χ1n) is 10.3. The fourth-order valence-electron chi connectivity index (χ4n) is 3.63. The smallest absolute Gasteiger partial charge is 0.345 e. The minimum atomic E-state index is -0.840. The van der Waals surface area contributed by atoms with Crippen molar-refractivity contribution in [1.82, 2.24) is 14.6 Å². The van der Waals surface area contributed by atoms with Gasteiger partial charge in [0.25, 0.3) is 5.56 Å². The largest absolute Gasteiger partial charge is 0.462 e. The van der Waals surface area contributed by atoms with E-state index >= 15 is 0 Å². The van der Waals surface area contributed by atoms with Gasteiger partial charge in [-0.25, -0.2) is 23.1 Å². The second kappa shape index (κ2) is 9.15. The van der Waals surface area contributed by atoms with E-state index in [4.69, 9.17) is 10.00 Å². The van der Waals surface area contributed by atoms with Gasteiger partial charge in [-0.2, -0.15) is 5.26 Å². The molecule has 10 heteroatoms. The molecule has 0 spiro atoms. The van der Waals surface area contributed by atoms with Crippen molar-refractivity contribution in [2.24, 2.45) is 0 Å². The van der Waals surface area contributed by atoms with E-state index < -0.39 is 23.2 Å². The zero-order valence-corrected chi connectivity index (χ0v) is 18.3. The summed E-state index contributed by atoms with van der Waals surface area (Å²) in [5.74, 6) is -2.39. The Morgan fingerprint density at radius 3 is 2.62 bits per heavy atom. The third-order valence-electron chi connectivity index (χ3n) is 5.19. The summed E-state index contributed by atoms with van der Waals surface area (Å²) in [5, 5.41) is 14.8. The number of aryl methyl sites for hydroxylation is 1. The molecule has 0 fully saturated rings. The number of hydrogen-bond acceptors (Lipinski definition) is 6. The van der Waals surface area contributed by atoms with Gasteiger partial charge in [0.2, 0.25) is 0 Å². The Kier molecular flexibility index (Phi) is 6.10. The maximum atomic E-state index is 14.6. The lowest BCUT2D eigenvalue weighted by Crippen LogP contribution is -2.28. The molecule has 2 N–H and O–H groups in total. The number of aromatic nitrogens is 3. The number of carbonyl (C=O) groups is 1. The maximum Gasteiger partial charge on any atom is 0.345 e. The quantitative estimate of drug-likeness (QED) is 0.419. The molecule has 0 saturated heterocycles. The summed E-state index contributed by atoms with van der Waals surface area (Å²) in [6.45, 7) is 3.26. The first-order valence-corrected chi connectivity index (χ1v) is 10.3. The van der Waals surface area contributed by atoms with Gasteiger partial charge >= 0.3 is 5.97 Å². The van der Waals surface area contributed by atoms with Gasteiger partial charge in [0.15, 0.2) is 11.2 Å². The Labute approximate surface area is 192 Å². The van der Waals surface area contributed by atoms with Crippen LogP contribution in [0.5, 0.6) is 0 Å². The molecule has 4 rings (SSSR count). The number of benzene rings is 2. The molecule has 0 aliphatic rings. The molecule has 2 aromatic heterocycles. The topological polar surface area (TPSA) is 112 Å². The van der Waals surface area contributed by atoms with E-state index in [1.54, 1.807) is 38.1 Å². The highest BCUT2D eigenvalue weighted by atomic mass is 19.1. The van der Waals surface area contributed by atoms with Crippen LogP contribution in [-0.2, 0) is 11.3 Å². The highest BCUT2D eigenvalue weighted by Crippen LogP contribution is 2.30. The molecule has 0 radical (unpaired) electrons. The van der Waals surface area contributed by atoms with Crippen LogP contribution >= 0.6 is 0 Å². The molecule has 0 atom stereocenters. The lowest BCUT2D eigenvalue weighted by molar-refractivity contribution is 0.0522. The molecule has 0 bridgehead atoms. The van der Waals surface area contributed by atoms with Crippen LogP contribution in [0.15, 0.2) is 47.3 Å². The highest BCUT2D eigenvalue weighted by Gasteiger charge is 2.25. The first-order chi connectivity index (χ1) is 16.3. The van der Waals surface area contributed by atoms with Crippen molar-refractivity contribution in [1.29, 1.82) is 5.26 Å². The third kappa shape index (κ3) is 4.11. The Bertz CT molecular complexity index is 1500. The molecule has 0 unspecified atom stereocenters. The van der Waals surface area contributed by atoms with Gasteiger partial charge < -0.3 is 10.1 Å². The number of aromatic amines is 1. The predicted molar refractivity (Wildman–Crippen MR) is 120 cm³/mol. The van der Waals surface area contributed by atoms with Crippen molar-refractivity contribution in [3.05, 3.63) is 87.0 Å². The number of nitrogens with one attached hydrogen (secondary N) is 2. The molecule has 0 amide bonds. The number of rotatable bonds is 6. The molecular weight excluding hydrogens is 444 g/mol. The minimum Gasteiger partial charge on any atom is -0.462 e. The van der Waals surface area contributed by atoms with E-state index in [9.17, 15) is 18.4 Å². The van der Waals surface area contributed by atoms with Crippen molar-refractivity contribution in [3.63, 3.8) is 0 Å². The second-order valence-electron chi connectivity index (χ2n) is 7.40. The van der Waals surface area contributed by atoms with E-state index in [-0.39, 0.29) is 41.2 Å². The van der Waals surface area contributed by atoms with E-state index in [1.807, 2.05) is 6.07 Å². The van der Waals surface area contributed by atoms with Crippen LogP contribution in [0.4, 0.5) is 14.5 Å². The Hall–Kier alpha value is -4.52. The monoisotopic (exact) mass is 463 g/mol. The molecule has 172 valence electrons. The Morgan fingerprint density at radius 2 is 1.97 bits per heavy atom. The van der Waals surface area contributed by atoms with Gasteiger partial charge in [0.1, 0.15) is 11.6 Å². The standard InChI is InChI=1S/C24H19F2N5O3/c1-3-34-24(33)21-19(12-28-16-7-4-14(11-27)5-8-16)29-22-20(13(2)30-31(22)23(21)32)17-9-6-15(25)10-18(17)26/h4-10,28,30H,3,12H2,1-2H3. The fraction of sp³-hybridized carbons (Fsp3) is 0.167. The summed E-state index contributed by atoms with van der Waals surface area (Å²) < 4.78 is 34.2. The normalized spacial score (nSPS) is 10.8. The van der Waals surface area contributed by atoms with Crippen molar-refractivity contribution >= 4 is 17.3 Å². The number of nitriles is 1. The van der Waals surface area contributed by atoms with Crippen LogP contribution in [0, 0.1) is 29.9 Å². The zero-order valence-electron chi connectivity index (χ0n) is 18.3. The average molecular weight is 463 g/mol. The Balaban J connectivity index is 1.87. The summed E-state index contributed by atoms with van der Waals surface area (Å²) >= 11 is 0. The van der Waals surface area contributed by atoms with Crippen LogP contribution < -0.4 is 10.9 Å². The molecule has 4 aromatic rings. The molecular formula is C24H19F2N5O3. The van der Waals surface area contributed by atoms with Gasteiger partial charge in [-0.15, -0.1) is 0 Å². The molecule has 2 heterocycles. The first kappa shape index (κ1) is 22.7. The van der Waals surface area contributed by atoms with E-state index in [1.165, 1.54) is 6.07 Å². The number of fused-ring (bicyclic) bond motifs is 1. The van der Waals surface area contributed by atoms with E-state index in [2.05, 4.69) is 15.4 Å². The Morgan fingerprint density at radius 1 is 1.24 bits per heavy atom. The van der Waals surface area contributed by atoms with Gasteiger partial charge in [0, 0.05) is 28.6 Å². The van der Waals surface area contributed by atoms with Crippen molar-refractivity contribution < 1.29 is 18.3 Å². The number of esters is 1. The number of H-pyrrole nitrogens is 1. The fourth-order valence-corrected chi connectivity index (χ4v) is 3.63. The van der Waals surface area contributed by atoms with Crippen LogP contribution in [0.25, 0.3) is 16.8 Å². The number of anilines is 1. The lowest BCUT2D eigenvalue weighted by atomic mass is 10.1. The average Bonchev–Trinajstić information content (AvgIpc) is 3.14. The molecule has 0 aliphatic heterocycles. The van der Waals surface area contributed by atoms with E-state index in [0.29, 0.717) is 16.9 Å². The highest BCUT2D eigenvalue weighted by molar-refractivity contribution is 5.91. The lowest BCUT2D eigenvalue weighted by Gasteiger charge is -2.11.